The molecular formula is C21H32ClIN4O. The van der Waals surface area contributed by atoms with Gasteiger partial charge >= 0.3 is 0 Å². The van der Waals surface area contributed by atoms with Crippen LogP contribution in [0.4, 0.5) is 0 Å². The maximum Gasteiger partial charge on any atom is 0.225 e. The zero-order valence-corrected chi connectivity index (χ0v) is 19.7. The van der Waals surface area contributed by atoms with Gasteiger partial charge in [0.25, 0.3) is 0 Å². The topological polar surface area (TPSA) is 56.7 Å². The van der Waals surface area contributed by atoms with Gasteiger partial charge in [-0.2, -0.15) is 0 Å². The number of benzene rings is 1. The number of guanidine groups is 1. The lowest BCUT2D eigenvalue weighted by atomic mass is 10.1. The summed E-state index contributed by atoms with van der Waals surface area (Å²) in [7, 11) is 1.79. The molecule has 2 fully saturated rings. The van der Waals surface area contributed by atoms with Crippen molar-refractivity contribution in [2.75, 3.05) is 26.7 Å². The van der Waals surface area contributed by atoms with Crippen LogP contribution in [0.5, 0.6) is 0 Å². The number of hydrogen-bond acceptors (Lipinski definition) is 2. The molecule has 28 heavy (non-hydrogen) atoms. The molecule has 5 nitrogen and oxygen atoms in total. The second-order valence-electron chi connectivity index (χ2n) is 7.59. The zero-order chi connectivity index (χ0) is 19.1. The first-order valence-corrected chi connectivity index (χ1v) is 10.5. The molecular weight excluding hydrogens is 487 g/mol. The van der Waals surface area contributed by atoms with Crippen molar-refractivity contribution >= 4 is 47.4 Å². The molecule has 156 valence electrons. The van der Waals surface area contributed by atoms with Gasteiger partial charge in [0, 0.05) is 43.7 Å². The van der Waals surface area contributed by atoms with Crippen LogP contribution in [0, 0.1) is 5.92 Å². The van der Waals surface area contributed by atoms with Crippen molar-refractivity contribution in [3.05, 3.63) is 34.9 Å². The Morgan fingerprint density at radius 3 is 2.71 bits per heavy atom. The fraction of sp³-hybridized carbons (Fsp3) is 0.619. The molecule has 1 heterocycles. The van der Waals surface area contributed by atoms with Gasteiger partial charge in [-0.05, 0) is 43.7 Å². The highest BCUT2D eigenvalue weighted by Gasteiger charge is 2.32. The molecule has 1 atom stereocenters. The number of halogens is 2. The highest BCUT2D eigenvalue weighted by atomic mass is 127. The Hall–Kier alpha value is -1.02. The summed E-state index contributed by atoms with van der Waals surface area (Å²) in [6, 6.07) is 8.27. The third-order valence-corrected chi connectivity index (χ3v) is 6.01. The van der Waals surface area contributed by atoms with Gasteiger partial charge in [0.1, 0.15) is 0 Å². The maximum atomic E-state index is 12.6. The first kappa shape index (κ1) is 23.3. The van der Waals surface area contributed by atoms with Gasteiger partial charge < -0.3 is 15.5 Å². The zero-order valence-electron chi connectivity index (χ0n) is 16.6. The van der Waals surface area contributed by atoms with E-state index in [1.54, 1.807) is 7.05 Å². The van der Waals surface area contributed by atoms with Gasteiger partial charge in [-0.3, -0.25) is 9.79 Å². The smallest absolute Gasteiger partial charge is 0.225 e. The molecule has 1 aliphatic heterocycles. The van der Waals surface area contributed by atoms with Gasteiger partial charge in [-0.25, -0.2) is 0 Å². The summed E-state index contributed by atoms with van der Waals surface area (Å²) in [5.41, 5.74) is 1.18. The van der Waals surface area contributed by atoms with Gasteiger partial charge in [-0.15, -0.1) is 24.0 Å². The van der Waals surface area contributed by atoms with Crippen LogP contribution in [-0.4, -0.2) is 49.5 Å². The van der Waals surface area contributed by atoms with E-state index in [2.05, 4.69) is 21.7 Å². The maximum absolute atomic E-state index is 12.6. The summed E-state index contributed by atoms with van der Waals surface area (Å²) in [5.74, 6) is 1.44. The van der Waals surface area contributed by atoms with Crippen molar-refractivity contribution in [3.63, 3.8) is 0 Å². The molecule has 0 radical (unpaired) electrons. The fourth-order valence-electron chi connectivity index (χ4n) is 4.08. The summed E-state index contributed by atoms with van der Waals surface area (Å²) in [5, 5.41) is 7.68. The van der Waals surface area contributed by atoms with Crippen LogP contribution in [0.25, 0.3) is 0 Å². The van der Waals surface area contributed by atoms with Gasteiger partial charge in [0.2, 0.25) is 5.91 Å². The SMILES string of the molecule is CN=C(NCCCc1ccccc1Cl)NC1CCN(C(=O)C2CCCC2)C1.I. The number of carbonyl (C=O) groups is 1. The highest BCUT2D eigenvalue weighted by molar-refractivity contribution is 14.0. The quantitative estimate of drug-likeness (QED) is 0.260. The average molecular weight is 519 g/mol. The molecule has 0 bridgehead atoms. The van der Waals surface area contributed by atoms with Gasteiger partial charge in [0.15, 0.2) is 5.96 Å². The Bertz CT molecular complexity index is 664. The van der Waals surface area contributed by atoms with Crippen LogP contribution in [0.2, 0.25) is 5.02 Å². The minimum Gasteiger partial charge on any atom is -0.356 e. The molecule has 1 aromatic carbocycles. The molecule has 0 spiro atoms. The Kier molecular flexibility index (Phi) is 9.85. The third kappa shape index (κ3) is 6.51. The van der Waals surface area contributed by atoms with Crippen LogP contribution in [-0.2, 0) is 11.2 Å². The number of hydrogen-bond donors (Lipinski definition) is 2. The lowest BCUT2D eigenvalue weighted by molar-refractivity contribution is -0.134. The molecule has 1 amide bonds. The van der Waals surface area contributed by atoms with E-state index < -0.39 is 0 Å². The van der Waals surface area contributed by atoms with E-state index in [1.165, 1.54) is 18.4 Å². The summed E-state index contributed by atoms with van der Waals surface area (Å²) in [6.07, 6.45) is 7.47. The highest BCUT2D eigenvalue weighted by Crippen LogP contribution is 2.27. The molecule has 2 aliphatic rings. The van der Waals surface area contributed by atoms with E-state index in [9.17, 15) is 4.79 Å². The van der Waals surface area contributed by atoms with Gasteiger partial charge in [0.05, 0.1) is 0 Å². The molecule has 3 rings (SSSR count). The van der Waals surface area contributed by atoms with Crippen LogP contribution < -0.4 is 10.6 Å². The van der Waals surface area contributed by atoms with Crippen molar-refractivity contribution < 1.29 is 4.79 Å². The molecule has 2 N–H and O–H groups in total. The first-order chi connectivity index (χ1) is 13.2. The summed E-state index contributed by atoms with van der Waals surface area (Å²) >= 11 is 6.20. The van der Waals surface area contributed by atoms with Crippen LogP contribution in [0.15, 0.2) is 29.3 Å². The Labute approximate surface area is 190 Å². The molecule has 1 aliphatic carbocycles. The van der Waals surface area contributed by atoms with E-state index in [0.29, 0.717) is 5.91 Å². The summed E-state index contributed by atoms with van der Waals surface area (Å²) < 4.78 is 0. The molecule has 1 unspecified atom stereocenters. The Morgan fingerprint density at radius 1 is 1.25 bits per heavy atom. The molecule has 1 aromatic rings. The van der Waals surface area contributed by atoms with Crippen molar-refractivity contribution in [3.8, 4) is 0 Å². The van der Waals surface area contributed by atoms with Crippen LogP contribution in [0.3, 0.4) is 0 Å². The van der Waals surface area contributed by atoms with E-state index >= 15 is 0 Å². The Balaban J connectivity index is 0.00000280. The first-order valence-electron chi connectivity index (χ1n) is 10.2. The number of rotatable bonds is 6. The van der Waals surface area contributed by atoms with Crippen LogP contribution >= 0.6 is 35.6 Å². The number of nitrogens with one attached hydrogen (secondary N) is 2. The standard InChI is InChI=1S/C21H31ClN4O.HI/c1-23-21(24-13-6-10-16-7-4-5-11-19(16)22)25-18-12-14-26(15-18)20(27)17-8-2-3-9-17;/h4-5,7,11,17-18H,2-3,6,8-10,12-15H2,1H3,(H2,23,24,25);1H. The second kappa shape index (κ2) is 11.9. The fourth-order valence-corrected chi connectivity index (χ4v) is 4.31. The third-order valence-electron chi connectivity index (χ3n) is 5.64. The molecule has 0 aromatic heterocycles. The van der Waals surface area contributed by atoms with Crippen molar-refractivity contribution in [1.29, 1.82) is 0 Å². The predicted octanol–water partition coefficient (Wildman–Crippen LogP) is 3.85. The van der Waals surface area contributed by atoms with Crippen molar-refractivity contribution in [1.82, 2.24) is 15.5 Å². The average Bonchev–Trinajstić information content (AvgIpc) is 3.37. The predicted molar refractivity (Wildman–Crippen MR) is 127 cm³/mol. The molecule has 7 heteroatoms. The Morgan fingerprint density at radius 2 is 2.00 bits per heavy atom. The largest absolute Gasteiger partial charge is 0.356 e. The lowest BCUT2D eigenvalue weighted by Crippen LogP contribution is -2.45. The number of aliphatic imine (C=N–C) groups is 1. The monoisotopic (exact) mass is 518 g/mol. The van der Waals surface area contributed by atoms with E-state index in [1.807, 2.05) is 23.1 Å². The van der Waals surface area contributed by atoms with Crippen molar-refractivity contribution in [2.45, 2.75) is 51.0 Å². The lowest BCUT2D eigenvalue weighted by Gasteiger charge is -2.21. The van der Waals surface area contributed by atoms with Crippen LogP contribution in [0.1, 0.15) is 44.1 Å². The number of carbonyl (C=O) groups excluding carboxylic acids is 1. The minimum atomic E-state index is 0. The van der Waals surface area contributed by atoms with E-state index in [4.69, 9.17) is 11.6 Å². The van der Waals surface area contributed by atoms with E-state index in [0.717, 1.165) is 62.7 Å². The van der Waals surface area contributed by atoms with Gasteiger partial charge in [-0.1, -0.05) is 42.6 Å². The molecule has 1 saturated heterocycles. The van der Waals surface area contributed by atoms with E-state index in [-0.39, 0.29) is 35.9 Å². The molecule has 1 saturated carbocycles. The number of aryl methyl sites for hydroxylation is 1. The second-order valence-corrected chi connectivity index (χ2v) is 8.00. The number of amides is 1. The minimum absolute atomic E-state index is 0. The normalized spacial score (nSPS) is 20.1. The summed E-state index contributed by atoms with van der Waals surface area (Å²) in [6.45, 7) is 2.48. The number of nitrogens with zero attached hydrogens (tertiary/aromatic N) is 2. The summed E-state index contributed by atoms with van der Waals surface area (Å²) in [4.78, 5) is 18.9. The van der Waals surface area contributed by atoms with Crippen molar-refractivity contribution in [2.24, 2.45) is 10.9 Å². The number of likely N-dealkylation sites (tertiary alicyclic amines) is 1.